The summed E-state index contributed by atoms with van der Waals surface area (Å²) in [4.78, 5) is 36.5. The number of hydrogen-bond donors (Lipinski definition) is 2. The van der Waals surface area contributed by atoms with E-state index in [1.807, 2.05) is 19.9 Å². The third kappa shape index (κ3) is 5.38. The Labute approximate surface area is 155 Å². The van der Waals surface area contributed by atoms with Crippen LogP contribution in [0.15, 0.2) is 30.3 Å². The lowest BCUT2D eigenvalue weighted by Gasteiger charge is -2.08. The molecule has 2 N–H and O–H groups in total. The monoisotopic (exact) mass is 375 g/mol. The molecule has 7 nitrogen and oxygen atoms in total. The van der Waals surface area contributed by atoms with Crippen LogP contribution in [0.3, 0.4) is 0 Å². The Hall–Kier alpha value is -2.74. The van der Waals surface area contributed by atoms with Gasteiger partial charge in [-0.3, -0.25) is 19.7 Å². The predicted octanol–water partition coefficient (Wildman–Crippen LogP) is 3.46. The molecule has 8 heteroatoms. The summed E-state index contributed by atoms with van der Waals surface area (Å²) in [5, 5.41) is 16.6. The van der Waals surface area contributed by atoms with Gasteiger partial charge in [-0.1, -0.05) is 12.1 Å². The Morgan fingerprint density at radius 3 is 2.54 bits per heavy atom. The minimum Gasteiger partial charge on any atom is -0.378 e. The molecular formula is C18H21N3O4S. The Balaban J connectivity index is 1.72. The number of ketones is 1. The van der Waals surface area contributed by atoms with Gasteiger partial charge in [-0.25, -0.2) is 0 Å². The molecule has 0 aliphatic rings. The van der Waals surface area contributed by atoms with E-state index >= 15 is 0 Å². The summed E-state index contributed by atoms with van der Waals surface area (Å²) < 4.78 is 0. The highest BCUT2D eigenvalue weighted by molar-refractivity contribution is 7.12. The van der Waals surface area contributed by atoms with Crippen LogP contribution >= 0.6 is 11.3 Å². The standard InChI is InChI=1S/C18H21N3O4S/c1-12-11-14(13(2)26-12)17(22)7-8-18(23)20-10-9-19-15-5-3-4-6-16(15)21(24)25/h3-6,11,19H,7-10H2,1-2H3,(H,20,23). The first-order valence-electron chi connectivity index (χ1n) is 8.22. The van der Waals surface area contributed by atoms with Gasteiger partial charge < -0.3 is 10.6 Å². The van der Waals surface area contributed by atoms with Crippen LogP contribution in [0.5, 0.6) is 0 Å². The highest BCUT2D eigenvalue weighted by Crippen LogP contribution is 2.23. The number of amides is 1. The average Bonchev–Trinajstić information content (AvgIpc) is 2.95. The van der Waals surface area contributed by atoms with Gasteiger partial charge in [0.1, 0.15) is 5.69 Å². The molecule has 2 rings (SSSR count). The number of carbonyl (C=O) groups excluding carboxylic acids is 2. The molecule has 0 atom stereocenters. The average molecular weight is 375 g/mol. The Bertz CT molecular complexity index is 817. The lowest BCUT2D eigenvalue weighted by atomic mass is 10.1. The fourth-order valence-electron chi connectivity index (χ4n) is 2.54. The number of anilines is 1. The first-order chi connectivity index (χ1) is 12.4. The molecule has 0 unspecified atom stereocenters. The SMILES string of the molecule is Cc1cc(C(=O)CCC(=O)NCCNc2ccccc2[N+](=O)[O-])c(C)s1. The fraction of sp³-hybridized carbons (Fsp3) is 0.333. The highest BCUT2D eigenvalue weighted by Gasteiger charge is 2.14. The third-order valence-electron chi connectivity index (χ3n) is 3.78. The molecule has 0 spiro atoms. The number of benzene rings is 1. The number of nitro benzene ring substituents is 1. The van der Waals surface area contributed by atoms with Crippen molar-refractivity contribution < 1.29 is 14.5 Å². The van der Waals surface area contributed by atoms with E-state index in [2.05, 4.69) is 10.6 Å². The lowest BCUT2D eigenvalue weighted by molar-refractivity contribution is -0.384. The van der Waals surface area contributed by atoms with Gasteiger partial charge in [-0.2, -0.15) is 0 Å². The molecule has 0 saturated heterocycles. The van der Waals surface area contributed by atoms with E-state index in [0.717, 1.165) is 9.75 Å². The summed E-state index contributed by atoms with van der Waals surface area (Å²) in [6.07, 6.45) is 0.291. The van der Waals surface area contributed by atoms with Crippen LogP contribution < -0.4 is 10.6 Å². The summed E-state index contributed by atoms with van der Waals surface area (Å²) in [7, 11) is 0. The van der Waals surface area contributed by atoms with Crippen molar-refractivity contribution in [2.75, 3.05) is 18.4 Å². The topological polar surface area (TPSA) is 101 Å². The normalized spacial score (nSPS) is 10.4. The number of thiophene rings is 1. The molecule has 1 aromatic carbocycles. The second kappa shape index (κ2) is 9.10. The van der Waals surface area contributed by atoms with Crippen LogP contribution in [-0.2, 0) is 4.79 Å². The second-order valence-electron chi connectivity index (χ2n) is 5.80. The van der Waals surface area contributed by atoms with Gasteiger partial charge in [-0.05, 0) is 26.0 Å². The zero-order chi connectivity index (χ0) is 19.1. The van der Waals surface area contributed by atoms with Crippen LogP contribution in [-0.4, -0.2) is 29.7 Å². The fourth-order valence-corrected chi connectivity index (χ4v) is 3.48. The van der Waals surface area contributed by atoms with Gasteiger partial charge >= 0.3 is 0 Å². The van der Waals surface area contributed by atoms with E-state index in [1.165, 1.54) is 6.07 Å². The van der Waals surface area contributed by atoms with Gasteiger partial charge in [0.15, 0.2) is 5.78 Å². The van der Waals surface area contributed by atoms with Crippen molar-refractivity contribution >= 4 is 34.4 Å². The van der Waals surface area contributed by atoms with Crippen molar-refractivity contribution in [3.63, 3.8) is 0 Å². The van der Waals surface area contributed by atoms with Crippen molar-refractivity contribution in [1.29, 1.82) is 0 Å². The van der Waals surface area contributed by atoms with Crippen molar-refractivity contribution in [2.24, 2.45) is 0 Å². The number of aryl methyl sites for hydroxylation is 2. The molecule has 2 aromatic rings. The molecule has 1 heterocycles. The molecule has 0 fully saturated rings. The van der Waals surface area contributed by atoms with Crippen LogP contribution in [0.2, 0.25) is 0 Å². The zero-order valence-corrected chi connectivity index (χ0v) is 15.5. The zero-order valence-electron chi connectivity index (χ0n) is 14.7. The summed E-state index contributed by atoms with van der Waals surface area (Å²) in [5.74, 6) is -0.243. The summed E-state index contributed by atoms with van der Waals surface area (Å²) in [6.45, 7) is 4.52. The van der Waals surface area contributed by atoms with E-state index in [0.29, 0.717) is 24.3 Å². The van der Waals surface area contributed by atoms with Crippen LogP contribution in [0.25, 0.3) is 0 Å². The quantitative estimate of drug-likeness (QED) is 0.302. The maximum Gasteiger partial charge on any atom is 0.292 e. The molecule has 0 radical (unpaired) electrons. The van der Waals surface area contributed by atoms with Crippen molar-refractivity contribution in [2.45, 2.75) is 26.7 Å². The number of rotatable bonds is 9. The first-order valence-corrected chi connectivity index (χ1v) is 9.04. The summed E-state index contributed by atoms with van der Waals surface area (Å²) >= 11 is 1.57. The molecule has 0 saturated carbocycles. The van der Waals surface area contributed by atoms with Crippen molar-refractivity contribution in [3.05, 3.63) is 55.8 Å². The molecule has 1 amide bonds. The van der Waals surface area contributed by atoms with Crippen LogP contribution in [0, 0.1) is 24.0 Å². The minimum atomic E-state index is -0.458. The molecule has 0 aliphatic heterocycles. The van der Waals surface area contributed by atoms with E-state index in [1.54, 1.807) is 29.5 Å². The summed E-state index contributed by atoms with van der Waals surface area (Å²) in [5.41, 5.74) is 1.09. The third-order valence-corrected chi connectivity index (χ3v) is 4.75. The van der Waals surface area contributed by atoms with Gasteiger partial charge in [0.05, 0.1) is 4.92 Å². The first kappa shape index (κ1) is 19.6. The van der Waals surface area contributed by atoms with E-state index in [9.17, 15) is 19.7 Å². The molecule has 1 aromatic heterocycles. The Kier molecular flexibility index (Phi) is 6.85. The minimum absolute atomic E-state index is 0.00847. The summed E-state index contributed by atoms with van der Waals surface area (Å²) in [6, 6.07) is 8.19. The smallest absolute Gasteiger partial charge is 0.292 e. The molecular weight excluding hydrogens is 354 g/mol. The van der Waals surface area contributed by atoms with Gasteiger partial charge in [0.25, 0.3) is 5.69 Å². The number of nitrogens with zero attached hydrogens (tertiary/aromatic N) is 1. The molecule has 138 valence electrons. The Morgan fingerprint density at radius 2 is 1.88 bits per heavy atom. The molecule has 0 bridgehead atoms. The van der Waals surface area contributed by atoms with Gasteiger partial charge in [-0.15, -0.1) is 11.3 Å². The number of hydrogen-bond acceptors (Lipinski definition) is 6. The Morgan fingerprint density at radius 1 is 1.15 bits per heavy atom. The number of nitro groups is 1. The number of para-hydroxylation sites is 2. The lowest BCUT2D eigenvalue weighted by Crippen LogP contribution is -2.29. The number of Topliss-reactive ketones (excluding diaryl/α,β-unsaturated/α-hetero) is 1. The van der Waals surface area contributed by atoms with E-state index in [-0.39, 0.29) is 30.2 Å². The van der Waals surface area contributed by atoms with Gasteiger partial charge in [0, 0.05) is 47.3 Å². The number of nitrogens with one attached hydrogen (secondary N) is 2. The molecule has 0 aliphatic carbocycles. The second-order valence-corrected chi connectivity index (χ2v) is 7.26. The van der Waals surface area contributed by atoms with E-state index < -0.39 is 4.92 Å². The largest absolute Gasteiger partial charge is 0.378 e. The molecule has 26 heavy (non-hydrogen) atoms. The number of carbonyl (C=O) groups is 2. The maximum atomic E-state index is 12.2. The van der Waals surface area contributed by atoms with E-state index in [4.69, 9.17) is 0 Å². The maximum absolute atomic E-state index is 12.2. The predicted molar refractivity (Wildman–Crippen MR) is 102 cm³/mol. The van der Waals surface area contributed by atoms with Crippen molar-refractivity contribution in [3.8, 4) is 0 Å². The highest BCUT2D eigenvalue weighted by atomic mass is 32.1. The van der Waals surface area contributed by atoms with Crippen LogP contribution in [0.4, 0.5) is 11.4 Å². The van der Waals surface area contributed by atoms with Crippen LogP contribution in [0.1, 0.15) is 33.0 Å². The van der Waals surface area contributed by atoms with Crippen molar-refractivity contribution in [1.82, 2.24) is 5.32 Å². The van der Waals surface area contributed by atoms with Gasteiger partial charge in [0.2, 0.25) is 5.91 Å².